The summed E-state index contributed by atoms with van der Waals surface area (Å²) in [5.41, 5.74) is 1.42. The molecule has 2 aliphatic rings. The Hall–Kier alpha value is -2.42. The number of carbonyl (C=O) groups excluding carboxylic acids is 1. The SMILES string of the molecule is Cc1ccc(C)c(S(=O)(=O)C2(C(=O)NCCCn3nc4n(c3=O)CCCC4)CCCC2)c1. The van der Waals surface area contributed by atoms with Gasteiger partial charge in [-0.05, 0) is 63.1 Å². The highest BCUT2D eigenvalue weighted by molar-refractivity contribution is 7.93. The molecule has 1 N–H and O–H groups in total. The summed E-state index contributed by atoms with van der Waals surface area (Å²) in [5.74, 6) is 0.405. The van der Waals surface area contributed by atoms with E-state index in [1.165, 1.54) is 4.68 Å². The second kappa shape index (κ2) is 8.84. The van der Waals surface area contributed by atoms with Crippen LogP contribution < -0.4 is 11.0 Å². The maximum Gasteiger partial charge on any atom is 0.345 e. The molecule has 1 amide bonds. The average molecular weight is 461 g/mol. The summed E-state index contributed by atoms with van der Waals surface area (Å²) in [6, 6.07) is 5.35. The molecule has 32 heavy (non-hydrogen) atoms. The topological polar surface area (TPSA) is 103 Å². The fourth-order valence-electron chi connectivity index (χ4n) is 4.96. The van der Waals surface area contributed by atoms with Gasteiger partial charge in [-0.15, -0.1) is 0 Å². The van der Waals surface area contributed by atoms with Crippen LogP contribution in [-0.4, -0.2) is 40.0 Å². The Labute approximate surface area is 188 Å². The number of hydrogen-bond acceptors (Lipinski definition) is 5. The summed E-state index contributed by atoms with van der Waals surface area (Å²) in [6.45, 7) is 5.04. The van der Waals surface area contributed by atoms with Crippen LogP contribution in [0.5, 0.6) is 0 Å². The Balaban J connectivity index is 1.46. The zero-order chi connectivity index (χ0) is 22.9. The third-order valence-electron chi connectivity index (χ3n) is 6.84. The fourth-order valence-corrected chi connectivity index (χ4v) is 7.35. The van der Waals surface area contributed by atoms with Crippen LogP contribution in [0.2, 0.25) is 0 Å². The van der Waals surface area contributed by atoms with Crippen LogP contribution in [0.4, 0.5) is 0 Å². The van der Waals surface area contributed by atoms with Gasteiger partial charge in [0.2, 0.25) is 5.91 Å². The molecular weight excluding hydrogens is 428 g/mol. The number of aromatic nitrogens is 3. The first-order chi connectivity index (χ1) is 15.3. The lowest BCUT2D eigenvalue weighted by Crippen LogP contribution is -2.51. The van der Waals surface area contributed by atoms with E-state index in [0.717, 1.165) is 30.7 Å². The molecule has 4 rings (SSSR count). The molecule has 0 bridgehead atoms. The van der Waals surface area contributed by atoms with Crippen LogP contribution in [0.15, 0.2) is 27.9 Å². The minimum Gasteiger partial charge on any atom is -0.355 e. The lowest BCUT2D eigenvalue weighted by Gasteiger charge is -2.28. The van der Waals surface area contributed by atoms with Gasteiger partial charge in [-0.2, -0.15) is 5.10 Å². The smallest absolute Gasteiger partial charge is 0.345 e. The number of hydrogen-bond donors (Lipinski definition) is 1. The number of carbonyl (C=O) groups is 1. The van der Waals surface area contributed by atoms with Gasteiger partial charge < -0.3 is 5.32 Å². The Morgan fingerprint density at radius 3 is 2.62 bits per heavy atom. The molecule has 0 unspecified atom stereocenters. The number of fused-ring (bicyclic) bond motifs is 1. The van der Waals surface area contributed by atoms with E-state index in [2.05, 4.69) is 10.4 Å². The maximum absolute atomic E-state index is 13.7. The number of benzene rings is 1. The average Bonchev–Trinajstić information content (AvgIpc) is 3.40. The lowest BCUT2D eigenvalue weighted by atomic mass is 10.1. The van der Waals surface area contributed by atoms with Crippen molar-refractivity contribution in [2.24, 2.45) is 0 Å². The summed E-state index contributed by atoms with van der Waals surface area (Å²) in [4.78, 5) is 25.9. The third-order valence-corrected chi connectivity index (χ3v) is 9.48. The van der Waals surface area contributed by atoms with Crippen molar-refractivity contribution >= 4 is 15.7 Å². The predicted molar refractivity (Wildman–Crippen MR) is 121 cm³/mol. The first-order valence-electron chi connectivity index (χ1n) is 11.5. The van der Waals surface area contributed by atoms with Gasteiger partial charge in [0.25, 0.3) is 0 Å². The molecule has 8 nitrogen and oxygen atoms in total. The van der Waals surface area contributed by atoms with Crippen LogP contribution in [0.25, 0.3) is 0 Å². The molecule has 0 saturated heterocycles. The molecule has 1 aliphatic carbocycles. The number of rotatable bonds is 7. The molecule has 1 saturated carbocycles. The van der Waals surface area contributed by atoms with Crippen molar-refractivity contribution < 1.29 is 13.2 Å². The zero-order valence-corrected chi connectivity index (χ0v) is 19.7. The maximum atomic E-state index is 13.7. The van der Waals surface area contributed by atoms with E-state index in [1.54, 1.807) is 23.6 Å². The van der Waals surface area contributed by atoms with Crippen LogP contribution in [0.1, 0.15) is 61.9 Å². The molecule has 2 heterocycles. The van der Waals surface area contributed by atoms with E-state index in [4.69, 9.17) is 0 Å². The quantitative estimate of drug-likeness (QED) is 0.639. The molecular formula is C23H32N4O4S. The van der Waals surface area contributed by atoms with Crippen molar-refractivity contribution in [3.05, 3.63) is 45.6 Å². The standard InChI is InChI=1S/C23H32N4O4S/c1-17-9-10-18(2)19(16-17)32(30,31)23(11-4-5-12-23)21(28)24-13-7-15-27-22(29)26-14-6-3-8-20(26)25-27/h9-10,16H,3-8,11-15H2,1-2H3,(H,24,28). The summed E-state index contributed by atoms with van der Waals surface area (Å²) < 4.78 is 29.1. The normalized spacial score (nSPS) is 17.8. The highest BCUT2D eigenvalue weighted by Gasteiger charge is 2.53. The van der Waals surface area contributed by atoms with Gasteiger partial charge in [0.15, 0.2) is 14.6 Å². The summed E-state index contributed by atoms with van der Waals surface area (Å²) in [5, 5.41) is 7.27. The van der Waals surface area contributed by atoms with Crippen molar-refractivity contribution in [1.29, 1.82) is 0 Å². The Bertz CT molecular complexity index is 1170. The monoisotopic (exact) mass is 460 g/mol. The van der Waals surface area contributed by atoms with Gasteiger partial charge in [-0.3, -0.25) is 9.36 Å². The van der Waals surface area contributed by atoms with Crippen molar-refractivity contribution in [1.82, 2.24) is 19.7 Å². The first kappa shape index (κ1) is 22.8. The van der Waals surface area contributed by atoms with Gasteiger partial charge in [-0.1, -0.05) is 25.0 Å². The number of aryl methyl sites for hydroxylation is 4. The minimum atomic E-state index is -3.83. The molecule has 1 aliphatic heterocycles. The van der Waals surface area contributed by atoms with E-state index in [1.807, 2.05) is 13.0 Å². The minimum absolute atomic E-state index is 0.101. The Morgan fingerprint density at radius 1 is 1.16 bits per heavy atom. The highest BCUT2D eigenvalue weighted by atomic mass is 32.2. The van der Waals surface area contributed by atoms with Crippen molar-refractivity contribution in [3.8, 4) is 0 Å². The summed E-state index contributed by atoms with van der Waals surface area (Å²) in [7, 11) is -3.83. The molecule has 174 valence electrons. The van der Waals surface area contributed by atoms with Gasteiger partial charge >= 0.3 is 5.69 Å². The van der Waals surface area contributed by atoms with Crippen molar-refractivity contribution in [2.45, 2.75) is 87.9 Å². The lowest BCUT2D eigenvalue weighted by molar-refractivity contribution is -0.123. The van der Waals surface area contributed by atoms with Gasteiger partial charge in [0, 0.05) is 26.1 Å². The van der Waals surface area contributed by atoms with E-state index >= 15 is 0 Å². The molecule has 0 atom stereocenters. The van der Waals surface area contributed by atoms with Crippen LogP contribution in [0, 0.1) is 13.8 Å². The van der Waals surface area contributed by atoms with Crippen molar-refractivity contribution in [2.75, 3.05) is 6.54 Å². The second-order valence-corrected chi connectivity index (χ2v) is 11.3. The number of nitrogens with one attached hydrogen (secondary N) is 1. The number of sulfone groups is 1. The van der Waals surface area contributed by atoms with Gasteiger partial charge in [0.05, 0.1) is 4.90 Å². The fraction of sp³-hybridized carbons (Fsp3) is 0.609. The highest BCUT2D eigenvalue weighted by Crippen LogP contribution is 2.41. The van der Waals surface area contributed by atoms with Gasteiger partial charge in [0.1, 0.15) is 5.82 Å². The summed E-state index contributed by atoms with van der Waals surface area (Å²) in [6.07, 6.45) is 5.47. The number of nitrogens with zero attached hydrogens (tertiary/aromatic N) is 3. The Kier molecular flexibility index (Phi) is 6.29. The van der Waals surface area contributed by atoms with Crippen LogP contribution >= 0.6 is 0 Å². The van der Waals surface area contributed by atoms with Crippen molar-refractivity contribution in [3.63, 3.8) is 0 Å². The van der Waals surface area contributed by atoms with Gasteiger partial charge in [-0.25, -0.2) is 17.9 Å². The van der Waals surface area contributed by atoms with E-state index in [0.29, 0.717) is 57.3 Å². The van der Waals surface area contributed by atoms with E-state index in [9.17, 15) is 18.0 Å². The zero-order valence-electron chi connectivity index (χ0n) is 18.9. The first-order valence-corrected chi connectivity index (χ1v) is 13.0. The van der Waals surface area contributed by atoms with Crippen LogP contribution in [0.3, 0.4) is 0 Å². The Morgan fingerprint density at radius 2 is 1.91 bits per heavy atom. The molecule has 0 radical (unpaired) electrons. The molecule has 1 aromatic carbocycles. The molecule has 2 aromatic rings. The molecule has 1 fully saturated rings. The van der Waals surface area contributed by atoms with E-state index in [-0.39, 0.29) is 10.6 Å². The largest absolute Gasteiger partial charge is 0.355 e. The molecule has 9 heteroatoms. The molecule has 0 spiro atoms. The third kappa shape index (κ3) is 3.91. The summed E-state index contributed by atoms with van der Waals surface area (Å²) >= 11 is 0. The second-order valence-electron chi connectivity index (χ2n) is 9.11. The number of amides is 1. The van der Waals surface area contributed by atoms with E-state index < -0.39 is 20.5 Å². The molecule has 1 aromatic heterocycles. The van der Waals surface area contributed by atoms with Crippen LogP contribution in [-0.2, 0) is 34.1 Å². The predicted octanol–water partition coefficient (Wildman–Crippen LogP) is 2.29.